The van der Waals surface area contributed by atoms with Crippen LogP contribution in [0.1, 0.15) is 21.9 Å². The van der Waals surface area contributed by atoms with Crippen LogP contribution >= 0.6 is 0 Å². The SMILES string of the molecule is Cc1nn(C)c(C)c1-c1cc(C(=O)N2CCOC[C@@H](O)C2)n(C)n1. The van der Waals surface area contributed by atoms with E-state index >= 15 is 0 Å². The van der Waals surface area contributed by atoms with Crippen molar-refractivity contribution in [2.24, 2.45) is 14.1 Å². The van der Waals surface area contributed by atoms with E-state index in [2.05, 4.69) is 10.2 Å². The Morgan fingerprint density at radius 1 is 1.29 bits per heavy atom. The van der Waals surface area contributed by atoms with E-state index in [-0.39, 0.29) is 19.1 Å². The van der Waals surface area contributed by atoms with Gasteiger partial charge in [-0.1, -0.05) is 0 Å². The van der Waals surface area contributed by atoms with Crippen molar-refractivity contribution in [3.63, 3.8) is 0 Å². The number of hydrogen-bond donors (Lipinski definition) is 1. The van der Waals surface area contributed by atoms with Gasteiger partial charge in [-0.25, -0.2) is 0 Å². The fourth-order valence-electron chi connectivity index (χ4n) is 3.07. The Bertz CT molecular complexity index is 764. The molecule has 0 bridgehead atoms. The Balaban J connectivity index is 1.92. The summed E-state index contributed by atoms with van der Waals surface area (Å²) in [5, 5.41) is 18.7. The Morgan fingerprint density at radius 3 is 2.71 bits per heavy atom. The molecule has 0 saturated carbocycles. The molecule has 0 aromatic carbocycles. The van der Waals surface area contributed by atoms with Gasteiger partial charge in [-0.2, -0.15) is 10.2 Å². The van der Waals surface area contributed by atoms with Crippen LogP contribution in [-0.4, -0.2) is 67.9 Å². The maximum Gasteiger partial charge on any atom is 0.272 e. The van der Waals surface area contributed by atoms with Crippen molar-refractivity contribution in [2.45, 2.75) is 20.0 Å². The molecule has 0 unspecified atom stereocenters. The fourth-order valence-corrected chi connectivity index (χ4v) is 3.07. The van der Waals surface area contributed by atoms with E-state index in [0.717, 1.165) is 22.6 Å². The summed E-state index contributed by atoms with van der Waals surface area (Å²) in [7, 11) is 3.64. The third-order valence-electron chi connectivity index (χ3n) is 4.40. The van der Waals surface area contributed by atoms with Crippen molar-refractivity contribution in [1.82, 2.24) is 24.5 Å². The summed E-state index contributed by atoms with van der Waals surface area (Å²) in [6.07, 6.45) is -0.660. The van der Waals surface area contributed by atoms with Gasteiger partial charge in [-0.15, -0.1) is 0 Å². The molecule has 8 nitrogen and oxygen atoms in total. The molecule has 3 rings (SSSR count). The van der Waals surface area contributed by atoms with Crippen molar-refractivity contribution >= 4 is 5.91 Å². The lowest BCUT2D eigenvalue weighted by Crippen LogP contribution is -2.38. The highest BCUT2D eigenvalue weighted by Gasteiger charge is 2.26. The lowest BCUT2D eigenvalue weighted by molar-refractivity contribution is 0.0531. The second kappa shape index (κ2) is 6.37. The van der Waals surface area contributed by atoms with Gasteiger partial charge < -0.3 is 14.7 Å². The molecule has 0 radical (unpaired) electrons. The number of aliphatic hydroxyl groups excluding tert-OH is 1. The van der Waals surface area contributed by atoms with E-state index < -0.39 is 6.10 Å². The predicted octanol–water partition coefficient (Wildman–Crippen LogP) is 0.271. The third-order valence-corrected chi connectivity index (χ3v) is 4.40. The number of rotatable bonds is 2. The molecule has 1 N–H and O–H groups in total. The van der Waals surface area contributed by atoms with Crippen LogP contribution in [0, 0.1) is 13.8 Å². The molecule has 2 aromatic rings. The Hall–Kier alpha value is -2.19. The molecule has 1 atom stereocenters. The third kappa shape index (κ3) is 2.94. The summed E-state index contributed by atoms with van der Waals surface area (Å²) in [5.41, 5.74) is 4.05. The normalized spacial score (nSPS) is 18.7. The van der Waals surface area contributed by atoms with Gasteiger partial charge in [0.2, 0.25) is 0 Å². The van der Waals surface area contributed by atoms with Gasteiger partial charge in [-0.3, -0.25) is 14.2 Å². The molecule has 24 heavy (non-hydrogen) atoms. The molecule has 1 aliphatic heterocycles. The van der Waals surface area contributed by atoms with E-state index in [1.807, 2.05) is 25.6 Å². The molecule has 1 aliphatic rings. The highest BCUT2D eigenvalue weighted by molar-refractivity contribution is 5.94. The number of hydrogen-bond acceptors (Lipinski definition) is 5. The van der Waals surface area contributed by atoms with Crippen molar-refractivity contribution in [3.8, 4) is 11.3 Å². The predicted molar refractivity (Wildman–Crippen MR) is 87.6 cm³/mol. The largest absolute Gasteiger partial charge is 0.389 e. The minimum Gasteiger partial charge on any atom is -0.389 e. The van der Waals surface area contributed by atoms with E-state index in [1.165, 1.54) is 0 Å². The fraction of sp³-hybridized carbons (Fsp3) is 0.562. The van der Waals surface area contributed by atoms with Crippen LogP contribution in [0.25, 0.3) is 11.3 Å². The number of carbonyl (C=O) groups is 1. The summed E-state index contributed by atoms with van der Waals surface area (Å²) in [6.45, 7) is 5.32. The zero-order valence-electron chi connectivity index (χ0n) is 14.5. The average Bonchev–Trinajstić information content (AvgIpc) is 2.90. The number of β-amino-alcohol motifs (C(OH)–C–C–N with tert-alkyl or cyclic N) is 1. The lowest BCUT2D eigenvalue weighted by Gasteiger charge is -2.21. The van der Waals surface area contributed by atoms with Crippen LogP contribution < -0.4 is 0 Å². The average molecular weight is 333 g/mol. The van der Waals surface area contributed by atoms with Crippen molar-refractivity contribution in [2.75, 3.05) is 26.3 Å². The van der Waals surface area contributed by atoms with Gasteiger partial charge >= 0.3 is 0 Å². The zero-order chi connectivity index (χ0) is 17.4. The van der Waals surface area contributed by atoms with E-state index in [4.69, 9.17) is 4.74 Å². The first kappa shape index (κ1) is 16.7. The number of carbonyl (C=O) groups excluding carboxylic acids is 1. The van der Waals surface area contributed by atoms with Crippen molar-refractivity contribution in [3.05, 3.63) is 23.1 Å². The summed E-state index contributed by atoms with van der Waals surface area (Å²) in [6, 6.07) is 1.79. The van der Waals surface area contributed by atoms with Gasteiger partial charge in [0.05, 0.1) is 30.7 Å². The first-order chi connectivity index (χ1) is 11.4. The number of aryl methyl sites for hydroxylation is 3. The minimum absolute atomic E-state index is 0.153. The highest BCUT2D eigenvalue weighted by atomic mass is 16.5. The summed E-state index contributed by atoms with van der Waals surface area (Å²) >= 11 is 0. The van der Waals surface area contributed by atoms with Crippen LogP contribution in [-0.2, 0) is 18.8 Å². The molecule has 1 fully saturated rings. The van der Waals surface area contributed by atoms with E-state index in [1.54, 1.807) is 22.7 Å². The molecule has 0 spiro atoms. The maximum atomic E-state index is 12.8. The summed E-state index contributed by atoms with van der Waals surface area (Å²) in [5.74, 6) is -0.153. The van der Waals surface area contributed by atoms with Gasteiger partial charge in [0.1, 0.15) is 5.69 Å². The lowest BCUT2D eigenvalue weighted by atomic mass is 10.1. The first-order valence-corrected chi connectivity index (χ1v) is 7.98. The molecular formula is C16H23N5O3. The van der Waals surface area contributed by atoms with E-state index in [0.29, 0.717) is 18.8 Å². The van der Waals surface area contributed by atoms with Crippen molar-refractivity contribution in [1.29, 1.82) is 0 Å². The zero-order valence-corrected chi connectivity index (χ0v) is 14.5. The van der Waals surface area contributed by atoms with Gasteiger partial charge in [0.25, 0.3) is 5.91 Å². The molecule has 1 saturated heterocycles. The second-order valence-electron chi connectivity index (χ2n) is 6.19. The molecule has 1 amide bonds. The highest BCUT2D eigenvalue weighted by Crippen LogP contribution is 2.26. The van der Waals surface area contributed by atoms with Crippen LogP contribution in [0.5, 0.6) is 0 Å². The topological polar surface area (TPSA) is 85.4 Å². The Kier molecular flexibility index (Phi) is 4.42. The van der Waals surface area contributed by atoms with Crippen LogP contribution in [0.4, 0.5) is 0 Å². The molecule has 130 valence electrons. The number of aliphatic hydroxyl groups is 1. The summed E-state index contributed by atoms with van der Waals surface area (Å²) in [4.78, 5) is 14.4. The maximum absolute atomic E-state index is 12.8. The van der Waals surface area contributed by atoms with Crippen LogP contribution in [0.2, 0.25) is 0 Å². The van der Waals surface area contributed by atoms with Crippen molar-refractivity contribution < 1.29 is 14.6 Å². The number of aromatic nitrogens is 4. The molecule has 0 aliphatic carbocycles. The quantitative estimate of drug-likeness (QED) is 0.853. The van der Waals surface area contributed by atoms with Crippen LogP contribution in [0.15, 0.2) is 6.07 Å². The smallest absolute Gasteiger partial charge is 0.272 e. The van der Waals surface area contributed by atoms with Gasteiger partial charge in [-0.05, 0) is 19.9 Å². The van der Waals surface area contributed by atoms with Gasteiger partial charge in [0, 0.05) is 38.4 Å². The number of amides is 1. The number of nitrogens with zero attached hydrogens (tertiary/aromatic N) is 5. The molecular weight excluding hydrogens is 310 g/mol. The molecule has 8 heteroatoms. The first-order valence-electron chi connectivity index (χ1n) is 7.98. The molecule has 2 aromatic heterocycles. The standard InChI is InChI=1S/C16H23N5O3/c1-10-15(11(2)19(3)17-10)13-7-14(20(4)18-13)16(23)21-5-6-24-9-12(22)8-21/h7,12,22H,5-6,8-9H2,1-4H3/t12-/m0/s1. The Labute approximate surface area is 140 Å². The molecule has 3 heterocycles. The monoisotopic (exact) mass is 333 g/mol. The van der Waals surface area contributed by atoms with Crippen LogP contribution in [0.3, 0.4) is 0 Å². The van der Waals surface area contributed by atoms with E-state index in [9.17, 15) is 9.90 Å². The van der Waals surface area contributed by atoms with Gasteiger partial charge in [0.15, 0.2) is 0 Å². The number of ether oxygens (including phenoxy) is 1. The Morgan fingerprint density at radius 2 is 2.04 bits per heavy atom. The second-order valence-corrected chi connectivity index (χ2v) is 6.19. The summed E-state index contributed by atoms with van der Waals surface area (Å²) < 4.78 is 8.68. The minimum atomic E-state index is -0.660.